The van der Waals surface area contributed by atoms with Crippen LogP contribution in [0.1, 0.15) is 44.3 Å². The fourth-order valence-corrected chi connectivity index (χ4v) is 4.36. The number of aliphatic hydroxyl groups is 1. The van der Waals surface area contributed by atoms with Crippen molar-refractivity contribution in [3.05, 3.63) is 40.4 Å². The van der Waals surface area contributed by atoms with Gasteiger partial charge in [-0.1, -0.05) is 5.09 Å². The number of ether oxygens (including phenoxy) is 5. The van der Waals surface area contributed by atoms with Gasteiger partial charge in [-0.05, 0) is 50.5 Å². The lowest BCUT2D eigenvalue weighted by Gasteiger charge is -2.25. The summed E-state index contributed by atoms with van der Waals surface area (Å²) in [5.74, 6) is -0.802. The van der Waals surface area contributed by atoms with Crippen LogP contribution in [0.15, 0.2) is 29.2 Å². The first-order chi connectivity index (χ1) is 20.7. The minimum atomic E-state index is -3.27. The lowest BCUT2D eigenvalue weighted by molar-refractivity contribution is -0.150. The molecule has 1 aromatic heterocycles. The number of aromatic nitrogens is 2. The first kappa shape index (κ1) is 36.4. The number of hydrogen-bond acceptors (Lipinski definition) is 12. The van der Waals surface area contributed by atoms with Crippen molar-refractivity contribution in [3.63, 3.8) is 0 Å². The highest BCUT2D eigenvalue weighted by molar-refractivity contribution is 7.36. The zero-order valence-electron chi connectivity index (χ0n) is 25.1. The third-order valence-electron chi connectivity index (χ3n) is 5.76. The molecular weight excluding hydrogens is 613 g/mol. The van der Waals surface area contributed by atoms with E-state index in [2.05, 4.69) is 15.4 Å². The quantitative estimate of drug-likeness (QED) is 0.168. The molecule has 3 unspecified atom stereocenters. The van der Waals surface area contributed by atoms with Gasteiger partial charge in [-0.2, -0.15) is 4.98 Å². The summed E-state index contributed by atoms with van der Waals surface area (Å²) in [6.45, 7) is 5.12. The Bertz CT molecular complexity index is 1340. The third kappa shape index (κ3) is 10.2. The number of halogens is 2. The lowest BCUT2D eigenvalue weighted by atomic mass is 10.1. The molecule has 5 atom stereocenters. The lowest BCUT2D eigenvalue weighted by Crippen LogP contribution is -2.41. The van der Waals surface area contributed by atoms with Crippen LogP contribution >= 0.6 is 8.18 Å². The van der Waals surface area contributed by atoms with Crippen molar-refractivity contribution in [3.8, 4) is 17.2 Å². The second-order valence-electron chi connectivity index (χ2n) is 9.36. The van der Waals surface area contributed by atoms with Crippen LogP contribution in [0.3, 0.4) is 0 Å². The molecule has 15 nitrogen and oxygen atoms in total. The topological polar surface area (TPSA) is 186 Å². The maximum Gasteiger partial charge on any atom is 0.613 e. The third-order valence-corrected chi connectivity index (χ3v) is 6.74. The van der Waals surface area contributed by atoms with E-state index in [0.29, 0.717) is 0 Å². The molecule has 1 heterocycles. The van der Waals surface area contributed by atoms with Crippen molar-refractivity contribution in [2.24, 2.45) is 0 Å². The zero-order chi connectivity index (χ0) is 33.1. The highest BCUT2D eigenvalue weighted by Gasteiger charge is 2.35. The summed E-state index contributed by atoms with van der Waals surface area (Å²) in [6.07, 6.45) is -7.93. The minimum absolute atomic E-state index is 0.102. The van der Waals surface area contributed by atoms with Crippen molar-refractivity contribution in [2.75, 3.05) is 33.3 Å². The van der Waals surface area contributed by atoms with Gasteiger partial charge in [-0.15, -0.1) is 4.52 Å². The molecule has 0 radical (unpaired) electrons. The van der Waals surface area contributed by atoms with E-state index in [0.717, 1.165) is 4.57 Å². The SMILES string of the molecule is COc1cc(C(=O)Nc2ccn([C@@H](C)OC(CO[P+](=O)N[C@@H](C)C(=O)OC(C)C)C(O)C(F)F)c(=O)n2)cc(OC)c1OC. The number of amides is 1. The van der Waals surface area contributed by atoms with Crippen molar-refractivity contribution in [2.45, 2.75) is 64.7 Å². The fourth-order valence-electron chi connectivity index (χ4n) is 3.58. The smallest absolute Gasteiger partial charge is 0.493 e. The molecule has 1 aromatic carbocycles. The van der Waals surface area contributed by atoms with Crippen molar-refractivity contribution in [1.82, 2.24) is 14.6 Å². The summed E-state index contributed by atoms with van der Waals surface area (Å²) in [4.78, 5) is 41.2. The zero-order valence-corrected chi connectivity index (χ0v) is 26.0. The second-order valence-corrected chi connectivity index (χ2v) is 10.4. The van der Waals surface area contributed by atoms with Crippen LogP contribution in [0, 0.1) is 0 Å². The predicted octanol–water partition coefficient (Wildman–Crippen LogP) is 2.65. The van der Waals surface area contributed by atoms with Crippen molar-refractivity contribution in [1.29, 1.82) is 0 Å². The number of benzene rings is 1. The molecule has 1 amide bonds. The van der Waals surface area contributed by atoms with E-state index >= 15 is 0 Å². The highest BCUT2D eigenvalue weighted by atomic mass is 31.1. The number of nitrogens with one attached hydrogen (secondary N) is 2. The van der Waals surface area contributed by atoms with Crippen LogP contribution in [0.25, 0.3) is 0 Å². The van der Waals surface area contributed by atoms with Gasteiger partial charge < -0.3 is 34.1 Å². The Kier molecular flexibility index (Phi) is 14.0. The summed E-state index contributed by atoms with van der Waals surface area (Å²) in [6, 6.07) is 3.00. The molecule has 2 rings (SSSR count). The van der Waals surface area contributed by atoms with Crippen molar-refractivity contribution < 1.29 is 56.2 Å². The number of rotatable bonds is 17. The normalized spacial score (nSPS) is 14.4. The van der Waals surface area contributed by atoms with Crippen LogP contribution in [0.4, 0.5) is 14.6 Å². The van der Waals surface area contributed by atoms with Gasteiger partial charge in [-0.25, -0.2) is 13.6 Å². The van der Waals surface area contributed by atoms with Gasteiger partial charge in [0, 0.05) is 11.8 Å². The monoisotopic (exact) mass is 649 g/mol. The van der Waals surface area contributed by atoms with E-state index in [-0.39, 0.29) is 28.6 Å². The van der Waals surface area contributed by atoms with Crippen LogP contribution < -0.4 is 30.3 Å². The molecule has 0 aliphatic heterocycles. The van der Waals surface area contributed by atoms with Crippen LogP contribution in [0.2, 0.25) is 0 Å². The largest absolute Gasteiger partial charge is 0.613 e. The Morgan fingerprint density at radius 2 is 1.68 bits per heavy atom. The Hall–Kier alpha value is -3.76. The number of methoxy groups -OCH3 is 3. The van der Waals surface area contributed by atoms with Gasteiger partial charge in [0.25, 0.3) is 12.3 Å². The van der Waals surface area contributed by atoms with E-state index in [4.69, 9.17) is 28.2 Å². The van der Waals surface area contributed by atoms with Crippen LogP contribution in [-0.2, 0) is 23.4 Å². The number of alkyl halides is 2. The maximum absolute atomic E-state index is 13.3. The number of hydrogen-bond donors (Lipinski definition) is 3. The number of carbonyl (C=O) groups excluding carboxylic acids is 2. The van der Waals surface area contributed by atoms with E-state index in [1.165, 1.54) is 59.6 Å². The molecule has 0 fully saturated rings. The summed E-state index contributed by atoms with van der Waals surface area (Å²) >= 11 is 0. The van der Waals surface area contributed by atoms with E-state index in [1.54, 1.807) is 13.8 Å². The molecule has 3 N–H and O–H groups in total. The predicted molar refractivity (Wildman–Crippen MR) is 152 cm³/mol. The average molecular weight is 650 g/mol. The fraction of sp³-hybridized carbons (Fsp3) is 0.538. The number of anilines is 1. The standard InChI is InChI=1S/C26H35F2N4O11P/c1-13(2)42-25(35)14(3)31-44(37)41-12-19(21(33)23(27)28)43-15(4)32-9-8-20(30-26(32)36)29-24(34)16-10-17(38-5)22(40-7)18(11-16)39-6/h8-11,13-15,19,21,23,33H,12H2,1-7H3,(H-,29,30,31,34,36,37)/p+1/t14-,15+,19?,21?/m0/s1. The number of carbonyl (C=O) groups is 2. The van der Waals surface area contributed by atoms with Crippen molar-refractivity contribution >= 4 is 25.9 Å². The summed E-state index contributed by atoms with van der Waals surface area (Å²) in [5.41, 5.74) is -0.832. The van der Waals surface area contributed by atoms with Gasteiger partial charge >= 0.3 is 19.8 Å². The minimum Gasteiger partial charge on any atom is -0.493 e. The van der Waals surface area contributed by atoms with E-state index in [9.17, 15) is 32.8 Å². The first-order valence-electron chi connectivity index (χ1n) is 13.1. The average Bonchev–Trinajstić information content (AvgIpc) is 2.97. The molecule has 2 aromatic rings. The van der Waals surface area contributed by atoms with Gasteiger partial charge in [0.15, 0.2) is 11.5 Å². The number of esters is 1. The molecule has 0 saturated carbocycles. The summed E-state index contributed by atoms with van der Waals surface area (Å²) in [7, 11) is 1.40. The van der Waals surface area contributed by atoms with Gasteiger partial charge in [-0.3, -0.25) is 14.2 Å². The molecule has 44 heavy (non-hydrogen) atoms. The summed E-state index contributed by atoms with van der Waals surface area (Å²) < 4.78 is 71.0. The Morgan fingerprint density at radius 3 is 2.18 bits per heavy atom. The van der Waals surface area contributed by atoms with Gasteiger partial charge in [0.1, 0.15) is 36.9 Å². The maximum atomic E-state index is 13.3. The van der Waals surface area contributed by atoms with E-state index < -0.39 is 69.4 Å². The Labute approximate surface area is 252 Å². The number of aliphatic hydroxyl groups excluding tert-OH is 1. The highest BCUT2D eigenvalue weighted by Crippen LogP contribution is 2.38. The molecule has 0 aliphatic rings. The molecule has 244 valence electrons. The summed E-state index contributed by atoms with van der Waals surface area (Å²) in [5, 5.41) is 14.8. The van der Waals surface area contributed by atoms with Crippen LogP contribution in [0.5, 0.6) is 17.2 Å². The number of nitrogens with zero attached hydrogens (tertiary/aromatic N) is 2. The molecule has 0 saturated heterocycles. The van der Waals surface area contributed by atoms with Gasteiger partial charge in [0.2, 0.25) is 5.75 Å². The molecular formula is C26H36F2N4O11P+. The second kappa shape index (κ2) is 16.9. The Balaban J connectivity index is 2.13. The molecule has 0 aliphatic carbocycles. The van der Waals surface area contributed by atoms with E-state index in [1.807, 2.05) is 0 Å². The van der Waals surface area contributed by atoms with Crippen LogP contribution in [-0.4, -0.2) is 85.2 Å². The molecule has 18 heteroatoms. The Morgan fingerprint density at radius 1 is 1.07 bits per heavy atom. The first-order valence-corrected chi connectivity index (χ1v) is 14.3. The molecule has 0 spiro atoms. The molecule has 0 bridgehead atoms. The van der Waals surface area contributed by atoms with Gasteiger partial charge in [0.05, 0.1) is 27.4 Å².